The van der Waals surface area contributed by atoms with Gasteiger partial charge >= 0.3 is 6.18 Å². The standard InChI is InChI=1S/C15H8BrCl2F3N2S/c16-11-5-12(8-1-3-9(17)4-2-8)23(13(11)15(19,20)21)7-10-6-22-14(18)24-10/h1-6H,7H2. The van der Waals surface area contributed by atoms with E-state index < -0.39 is 11.9 Å². The fourth-order valence-corrected chi connectivity index (χ4v) is 4.09. The summed E-state index contributed by atoms with van der Waals surface area (Å²) >= 11 is 15.8. The van der Waals surface area contributed by atoms with E-state index in [4.69, 9.17) is 23.2 Å². The molecule has 3 rings (SSSR count). The second kappa shape index (κ2) is 6.71. The molecule has 0 aliphatic carbocycles. The Morgan fingerprint density at radius 3 is 2.38 bits per heavy atom. The van der Waals surface area contributed by atoms with Gasteiger partial charge in [0.1, 0.15) is 5.69 Å². The summed E-state index contributed by atoms with van der Waals surface area (Å²) in [6.07, 6.45) is -3.02. The molecule has 0 spiro atoms. The Morgan fingerprint density at radius 1 is 1.17 bits per heavy atom. The number of hydrogen-bond donors (Lipinski definition) is 0. The van der Waals surface area contributed by atoms with Gasteiger partial charge in [-0.2, -0.15) is 13.2 Å². The van der Waals surface area contributed by atoms with Crippen molar-refractivity contribution in [3.05, 3.63) is 61.1 Å². The van der Waals surface area contributed by atoms with Crippen LogP contribution >= 0.6 is 50.5 Å². The molecule has 0 aliphatic heterocycles. The van der Waals surface area contributed by atoms with Gasteiger partial charge in [0, 0.05) is 26.3 Å². The molecule has 0 fully saturated rings. The highest BCUT2D eigenvalue weighted by Crippen LogP contribution is 2.41. The molecule has 1 aromatic carbocycles. The molecular formula is C15H8BrCl2F3N2S. The summed E-state index contributed by atoms with van der Waals surface area (Å²) in [5.74, 6) is 0. The lowest BCUT2D eigenvalue weighted by molar-refractivity contribution is -0.143. The van der Waals surface area contributed by atoms with E-state index in [0.29, 0.717) is 21.2 Å². The van der Waals surface area contributed by atoms with E-state index in [0.717, 1.165) is 11.3 Å². The molecule has 0 aliphatic rings. The molecule has 9 heteroatoms. The lowest BCUT2D eigenvalue weighted by atomic mass is 10.1. The zero-order chi connectivity index (χ0) is 17.5. The van der Waals surface area contributed by atoms with Crippen LogP contribution in [0.1, 0.15) is 10.6 Å². The van der Waals surface area contributed by atoms with Crippen LogP contribution < -0.4 is 0 Å². The summed E-state index contributed by atoms with van der Waals surface area (Å²) in [5, 5.41) is 0.515. The van der Waals surface area contributed by atoms with Crippen molar-refractivity contribution in [3.63, 3.8) is 0 Å². The van der Waals surface area contributed by atoms with Crippen molar-refractivity contribution < 1.29 is 13.2 Å². The fraction of sp³-hybridized carbons (Fsp3) is 0.133. The van der Waals surface area contributed by atoms with Gasteiger partial charge in [0.2, 0.25) is 0 Å². The number of thiazole rings is 1. The Morgan fingerprint density at radius 2 is 1.83 bits per heavy atom. The molecule has 0 N–H and O–H groups in total. The minimum atomic E-state index is -4.50. The molecule has 3 aromatic rings. The van der Waals surface area contributed by atoms with Gasteiger partial charge in [-0.1, -0.05) is 35.3 Å². The Hall–Kier alpha value is -1.02. The Bertz CT molecular complexity index is 872. The maximum atomic E-state index is 13.5. The third-order valence-corrected chi connectivity index (χ3v) is 5.25. The summed E-state index contributed by atoms with van der Waals surface area (Å²) in [7, 11) is 0. The summed E-state index contributed by atoms with van der Waals surface area (Å²) in [6.45, 7) is 0.0167. The van der Waals surface area contributed by atoms with Crippen LogP contribution in [0.4, 0.5) is 13.2 Å². The van der Waals surface area contributed by atoms with Gasteiger partial charge in [-0.25, -0.2) is 4.98 Å². The van der Waals surface area contributed by atoms with E-state index in [-0.39, 0.29) is 15.5 Å². The van der Waals surface area contributed by atoms with Crippen LogP contribution in [0.5, 0.6) is 0 Å². The first-order valence-corrected chi connectivity index (χ1v) is 8.94. The van der Waals surface area contributed by atoms with E-state index in [1.165, 1.54) is 16.8 Å². The summed E-state index contributed by atoms with van der Waals surface area (Å²) in [5.41, 5.74) is 0.304. The van der Waals surface area contributed by atoms with Crippen molar-refractivity contribution in [2.24, 2.45) is 0 Å². The highest BCUT2D eigenvalue weighted by molar-refractivity contribution is 9.10. The van der Waals surface area contributed by atoms with Crippen LogP contribution in [0, 0.1) is 0 Å². The van der Waals surface area contributed by atoms with Gasteiger partial charge in [0.05, 0.1) is 6.54 Å². The Labute approximate surface area is 158 Å². The molecule has 126 valence electrons. The van der Waals surface area contributed by atoms with Gasteiger partial charge in [-0.3, -0.25) is 0 Å². The molecule has 24 heavy (non-hydrogen) atoms. The highest BCUT2D eigenvalue weighted by atomic mass is 79.9. The van der Waals surface area contributed by atoms with Crippen LogP contribution in [0.25, 0.3) is 11.3 Å². The van der Waals surface area contributed by atoms with Crippen molar-refractivity contribution in [1.82, 2.24) is 9.55 Å². The van der Waals surface area contributed by atoms with E-state index in [2.05, 4.69) is 20.9 Å². The molecule has 0 saturated carbocycles. The Kier molecular flexibility index (Phi) is 4.97. The zero-order valence-corrected chi connectivity index (χ0v) is 15.7. The van der Waals surface area contributed by atoms with Crippen molar-refractivity contribution >= 4 is 50.5 Å². The van der Waals surface area contributed by atoms with E-state index in [1.807, 2.05) is 0 Å². The first kappa shape index (κ1) is 17.8. The SMILES string of the molecule is FC(F)(F)c1c(Br)cc(-c2ccc(Cl)cc2)n1Cc1cnc(Cl)s1. The number of halogens is 6. The molecule has 0 atom stereocenters. The topological polar surface area (TPSA) is 17.8 Å². The van der Waals surface area contributed by atoms with Gasteiger partial charge in [0.25, 0.3) is 0 Å². The molecule has 2 aromatic heterocycles. The van der Waals surface area contributed by atoms with Crippen molar-refractivity contribution in [1.29, 1.82) is 0 Å². The third kappa shape index (κ3) is 3.64. The minimum absolute atomic E-state index is 0.0167. The lowest BCUT2D eigenvalue weighted by Crippen LogP contribution is -2.15. The zero-order valence-electron chi connectivity index (χ0n) is 11.7. The average Bonchev–Trinajstić information content (AvgIpc) is 3.03. The molecule has 0 radical (unpaired) electrons. The summed E-state index contributed by atoms with van der Waals surface area (Å²) < 4.78 is 42.0. The van der Waals surface area contributed by atoms with E-state index in [9.17, 15) is 13.2 Å². The number of aromatic nitrogens is 2. The van der Waals surface area contributed by atoms with Crippen LogP contribution in [-0.2, 0) is 12.7 Å². The van der Waals surface area contributed by atoms with Gasteiger partial charge in [-0.05, 0) is 39.7 Å². The molecule has 2 heterocycles. The first-order chi connectivity index (χ1) is 11.3. The predicted molar refractivity (Wildman–Crippen MR) is 93.8 cm³/mol. The number of nitrogens with zero attached hydrogens (tertiary/aromatic N) is 2. The molecule has 0 unspecified atom stereocenters. The average molecular weight is 456 g/mol. The quantitative estimate of drug-likeness (QED) is 0.427. The highest BCUT2D eigenvalue weighted by Gasteiger charge is 2.38. The fourth-order valence-electron chi connectivity index (χ4n) is 2.34. The maximum Gasteiger partial charge on any atom is 0.432 e. The molecular weight excluding hydrogens is 448 g/mol. The normalized spacial score (nSPS) is 11.9. The first-order valence-electron chi connectivity index (χ1n) is 6.58. The lowest BCUT2D eigenvalue weighted by Gasteiger charge is -2.15. The third-order valence-electron chi connectivity index (χ3n) is 3.30. The largest absolute Gasteiger partial charge is 0.432 e. The number of rotatable bonds is 3. The van der Waals surface area contributed by atoms with Gasteiger partial charge in [-0.15, -0.1) is 11.3 Å². The number of alkyl halides is 3. The molecule has 0 saturated heterocycles. The van der Waals surface area contributed by atoms with Crippen LogP contribution in [0.15, 0.2) is 41.0 Å². The summed E-state index contributed by atoms with van der Waals surface area (Å²) in [6, 6.07) is 8.09. The van der Waals surface area contributed by atoms with Crippen LogP contribution in [0.3, 0.4) is 0 Å². The predicted octanol–water partition coefficient (Wildman–Crippen LogP) is 6.75. The van der Waals surface area contributed by atoms with Crippen molar-refractivity contribution in [2.75, 3.05) is 0 Å². The van der Waals surface area contributed by atoms with Gasteiger partial charge in [0.15, 0.2) is 4.47 Å². The molecule has 0 bridgehead atoms. The van der Waals surface area contributed by atoms with Crippen LogP contribution in [-0.4, -0.2) is 9.55 Å². The van der Waals surface area contributed by atoms with E-state index in [1.54, 1.807) is 24.3 Å². The van der Waals surface area contributed by atoms with Crippen LogP contribution in [0.2, 0.25) is 9.49 Å². The second-order valence-corrected chi connectivity index (χ2v) is 7.88. The monoisotopic (exact) mass is 454 g/mol. The van der Waals surface area contributed by atoms with Crippen molar-refractivity contribution in [3.8, 4) is 11.3 Å². The summed E-state index contributed by atoms with van der Waals surface area (Å²) in [4.78, 5) is 4.51. The smallest absolute Gasteiger partial charge is 0.331 e. The molecule has 2 nitrogen and oxygen atoms in total. The van der Waals surface area contributed by atoms with Crippen molar-refractivity contribution in [2.45, 2.75) is 12.7 Å². The second-order valence-electron chi connectivity index (χ2n) is 4.90. The molecule has 0 amide bonds. The Balaban J connectivity index is 2.16. The number of hydrogen-bond acceptors (Lipinski definition) is 2. The van der Waals surface area contributed by atoms with Gasteiger partial charge < -0.3 is 4.57 Å². The minimum Gasteiger partial charge on any atom is -0.331 e. The maximum absolute atomic E-state index is 13.5. The number of benzene rings is 1. The van der Waals surface area contributed by atoms with E-state index >= 15 is 0 Å².